The largest absolute Gasteiger partial charge is 0.318 e. The standard InChI is InChI=1S/C70H73BN2/c1-12-26-46(2)48-37-39-53(40-38-48)72-59-44-52(70(49-27-16-13-17-28-49,50-29-18-14-19-30-50)51-31-20-15-21-32-51)45-60-63(59)71(61-55-33-22-24-35-57(55)67(7,8)64(61)72)62-56-34-23-25-36-58(56)68(9,10)65(62)73(60)54-41-42-69(11,47(3)43-54)66(4,5)6/h13-25,27-41,44-47H,12,26,42-43H2,1-11H3. The van der Waals surface area contributed by atoms with Crippen molar-refractivity contribution in [2.75, 3.05) is 9.80 Å². The van der Waals surface area contributed by atoms with Crippen LogP contribution in [0.1, 0.15) is 158 Å². The number of anilines is 3. The van der Waals surface area contributed by atoms with Crippen LogP contribution >= 0.6 is 0 Å². The van der Waals surface area contributed by atoms with Gasteiger partial charge in [0.2, 0.25) is 0 Å². The Hall–Kier alpha value is -6.58. The van der Waals surface area contributed by atoms with Gasteiger partial charge in [-0.3, -0.25) is 0 Å². The highest BCUT2D eigenvalue weighted by Crippen LogP contribution is 2.63. The predicted molar refractivity (Wildman–Crippen MR) is 311 cm³/mol. The summed E-state index contributed by atoms with van der Waals surface area (Å²) >= 11 is 0. The van der Waals surface area contributed by atoms with Gasteiger partial charge in [0.05, 0.1) is 5.41 Å². The van der Waals surface area contributed by atoms with E-state index in [-0.39, 0.29) is 28.4 Å². The summed E-state index contributed by atoms with van der Waals surface area (Å²) < 4.78 is 0. The lowest BCUT2D eigenvalue weighted by molar-refractivity contribution is 0.0386. The van der Waals surface area contributed by atoms with Crippen molar-refractivity contribution in [3.8, 4) is 0 Å². The first-order valence-electron chi connectivity index (χ1n) is 27.5. The van der Waals surface area contributed by atoms with Gasteiger partial charge in [-0.05, 0) is 133 Å². The van der Waals surface area contributed by atoms with Crippen LogP contribution in [0.3, 0.4) is 0 Å². The second-order valence-electron chi connectivity index (χ2n) is 24.7. The first-order valence-corrected chi connectivity index (χ1v) is 27.5. The van der Waals surface area contributed by atoms with Gasteiger partial charge in [-0.15, -0.1) is 0 Å². The molecule has 2 aliphatic heterocycles. The van der Waals surface area contributed by atoms with Gasteiger partial charge in [0.15, 0.2) is 0 Å². The van der Waals surface area contributed by atoms with E-state index in [9.17, 15) is 0 Å². The first kappa shape index (κ1) is 47.4. The minimum absolute atomic E-state index is 0.00715. The van der Waals surface area contributed by atoms with E-state index in [2.05, 4.69) is 268 Å². The molecule has 3 aliphatic carbocycles. The molecule has 0 saturated carbocycles. The molecular weight excluding hydrogens is 880 g/mol. The Bertz CT molecular complexity index is 3290. The maximum Gasteiger partial charge on any atom is 0.252 e. The van der Waals surface area contributed by atoms with Gasteiger partial charge in [-0.1, -0.05) is 240 Å². The SMILES string of the molecule is CCCC(C)c1ccc(N2C3=C(B4C5=C(N(C6=CCC(C)(C(C)(C)C)C(C)C6)c6cc(C(c7ccccc7)(c7ccccc7)c7ccccc7)cc2c64)C(C)(C)c2ccccc25)c2ccccc2C3(C)C)cc1. The maximum atomic E-state index is 2.85. The molecule has 366 valence electrons. The molecule has 5 aliphatic rings. The molecular formula is C70H73BN2. The highest BCUT2D eigenvalue weighted by molar-refractivity contribution is 7.06. The van der Waals surface area contributed by atoms with Crippen LogP contribution in [0.4, 0.5) is 17.1 Å². The Balaban J connectivity index is 1.27. The lowest BCUT2D eigenvalue weighted by Crippen LogP contribution is -2.52. The van der Waals surface area contributed by atoms with Crippen molar-refractivity contribution in [2.24, 2.45) is 16.7 Å². The van der Waals surface area contributed by atoms with Crippen molar-refractivity contribution < 1.29 is 0 Å². The molecule has 12 rings (SSSR count). The molecule has 0 saturated heterocycles. The van der Waals surface area contributed by atoms with Crippen LogP contribution in [0.25, 0.3) is 10.9 Å². The smallest absolute Gasteiger partial charge is 0.252 e. The lowest BCUT2D eigenvalue weighted by Gasteiger charge is -2.52. The summed E-state index contributed by atoms with van der Waals surface area (Å²) in [4.78, 5) is 5.60. The molecule has 0 spiro atoms. The van der Waals surface area contributed by atoms with Crippen molar-refractivity contribution in [2.45, 2.75) is 124 Å². The van der Waals surface area contributed by atoms with E-state index < -0.39 is 5.41 Å². The fourth-order valence-corrected chi connectivity index (χ4v) is 14.8. The zero-order valence-electron chi connectivity index (χ0n) is 45.3. The normalized spacial score (nSPS) is 20.8. The van der Waals surface area contributed by atoms with Crippen molar-refractivity contribution >= 4 is 40.2 Å². The fourth-order valence-electron chi connectivity index (χ4n) is 14.8. The third-order valence-electron chi connectivity index (χ3n) is 19.3. The Morgan fingerprint density at radius 2 is 1.03 bits per heavy atom. The van der Waals surface area contributed by atoms with Gasteiger partial charge in [-0.25, -0.2) is 0 Å². The monoisotopic (exact) mass is 953 g/mol. The number of benzene rings is 7. The minimum atomic E-state index is -0.674. The molecule has 73 heavy (non-hydrogen) atoms. The van der Waals surface area contributed by atoms with Crippen molar-refractivity contribution in [1.82, 2.24) is 0 Å². The molecule has 3 unspecified atom stereocenters. The molecule has 0 bridgehead atoms. The van der Waals surface area contributed by atoms with E-state index >= 15 is 0 Å². The number of hydrogen-bond acceptors (Lipinski definition) is 2. The van der Waals surface area contributed by atoms with Crippen LogP contribution in [-0.4, -0.2) is 6.71 Å². The van der Waals surface area contributed by atoms with Gasteiger partial charge in [0, 0.05) is 45.0 Å². The highest BCUT2D eigenvalue weighted by Gasteiger charge is 2.58. The summed E-state index contributed by atoms with van der Waals surface area (Å²) in [6, 6.07) is 68.1. The summed E-state index contributed by atoms with van der Waals surface area (Å²) in [6.45, 7) is 27.2. The molecule has 0 aromatic heterocycles. The molecule has 0 fully saturated rings. The number of allylic oxidation sites excluding steroid dienone is 4. The van der Waals surface area contributed by atoms with Gasteiger partial charge in [0.1, 0.15) is 0 Å². The van der Waals surface area contributed by atoms with E-state index in [1.807, 2.05) is 0 Å². The molecule has 0 radical (unpaired) electrons. The van der Waals surface area contributed by atoms with Crippen LogP contribution < -0.4 is 15.3 Å². The second kappa shape index (κ2) is 17.0. The van der Waals surface area contributed by atoms with E-state index in [0.29, 0.717) is 11.8 Å². The number of rotatable bonds is 9. The zero-order chi connectivity index (χ0) is 50.8. The zero-order valence-corrected chi connectivity index (χ0v) is 45.3. The van der Waals surface area contributed by atoms with E-state index in [1.165, 1.54) is 113 Å². The summed E-state index contributed by atoms with van der Waals surface area (Å²) in [7, 11) is 0. The summed E-state index contributed by atoms with van der Waals surface area (Å²) in [6.07, 6.45) is 7.03. The Kier molecular flexibility index (Phi) is 11.0. The Labute approximate surface area is 437 Å². The minimum Gasteiger partial charge on any atom is -0.318 e. The van der Waals surface area contributed by atoms with Gasteiger partial charge < -0.3 is 9.80 Å². The summed E-state index contributed by atoms with van der Waals surface area (Å²) in [5.74, 6) is 0.946. The quantitative estimate of drug-likeness (QED) is 0.105. The highest BCUT2D eigenvalue weighted by atomic mass is 15.2. The third kappa shape index (κ3) is 6.75. The molecule has 7 aromatic carbocycles. The average Bonchev–Trinajstić information content (AvgIpc) is 3.79. The van der Waals surface area contributed by atoms with Crippen LogP contribution in [0.5, 0.6) is 0 Å². The van der Waals surface area contributed by atoms with Crippen LogP contribution in [0, 0.1) is 16.7 Å². The summed E-state index contributed by atoms with van der Waals surface area (Å²) in [5.41, 5.74) is 23.4. The average molecular weight is 953 g/mol. The molecule has 0 amide bonds. The molecule has 0 N–H and O–H groups in total. The third-order valence-corrected chi connectivity index (χ3v) is 19.3. The van der Waals surface area contributed by atoms with E-state index in [0.717, 1.165) is 12.8 Å². The predicted octanol–water partition coefficient (Wildman–Crippen LogP) is 17.5. The molecule has 3 heteroatoms. The topological polar surface area (TPSA) is 6.48 Å². The second-order valence-corrected chi connectivity index (χ2v) is 24.7. The molecule has 7 aromatic rings. The van der Waals surface area contributed by atoms with E-state index in [4.69, 9.17) is 0 Å². The van der Waals surface area contributed by atoms with Crippen molar-refractivity contribution in [3.05, 3.63) is 249 Å². The van der Waals surface area contributed by atoms with Crippen molar-refractivity contribution in [1.29, 1.82) is 0 Å². The fraction of sp³-hybridized carbons (Fsp3) is 0.314. The van der Waals surface area contributed by atoms with Crippen molar-refractivity contribution in [3.63, 3.8) is 0 Å². The van der Waals surface area contributed by atoms with E-state index in [1.54, 1.807) is 0 Å². The molecule has 2 heterocycles. The number of nitrogens with zero attached hydrogens (tertiary/aromatic N) is 2. The number of fused-ring (bicyclic) bond motifs is 6. The Morgan fingerprint density at radius 1 is 0.575 bits per heavy atom. The maximum absolute atomic E-state index is 2.85. The van der Waals surface area contributed by atoms with Gasteiger partial charge in [-0.2, -0.15) is 0 Å². The molecule has 3 atom stereocenters. The molecule has 2 nitrogen and oxygen atoms in total. The van der Waals surface area contributed by atoms with Crippen LogP contribution in [-0.2, 0) is 16.2 Å². The summed E-state index contributed by atoms with van der Waals surface area (Å²) in [5, 5.41) is 0. The van der Waals surface area contributed by atoms with Gasteiger partial charge >= 0.3 is 0 Å². The van der Waals surface area contributed by atoms with Gasteiger partial charge in [0.25, 0.3) is 6.71 Å². The van der Waals surface area contributed by atoms with Crippen LogP contribution in [0.15, 0.2) is 199 Å². The Morgan fingerprint density at radius 3 is 1.49 bits per heavy atom. The first-order chi connectivity index (χ1) is 35.0. The van der Waals surface area contributed by atoms with Crippen LogP contribution in [0.2, 0.25) is 0 Å². The number of hydrogen-bond donors (Lipinski definition) is 0. The lowest BCUT2D eigenvalue weighted by atomic mass is 9.31.